The van der Waals surface area contributed by atoms with Crippen molar-refractivity contribution in [2.24, 2.45) is 13.0 Å². The number of hydrogen-bond donors (Lipinski definition) is 4. The number of benzene rings is 2. The molecule has 11 heteroatoms. The molecule has 2 heterocycles. The summed E-state index contributed by atoms with van der Waals surface area (Å²) < 4.78 is 1.50. The van der Waals surface area contributed by atoms with Crippen LogP contribution in [0.3, 0.4) is 0 Å². The molecule has 2 fully saturated rings. The van der Waals surface area contributed by atoms with Crippen LogP contribution in [0.4, 0.5) is 5.69 Å². The first-order valence-electron chi connectivity index (χ1n) is 16.8. The molecule has 0 unspecified atom stereocenters. The molecule has 250 valence electrons. The number of piperazine rings is 1. The number of aromatic nitrogens is 2. The molecule has 1 saturated heterocycles. The lowest BCUT2D eigenvalue weighted by atomic mass is 9.83. The zero-order valence-corrected chi connectivity index (χ0v) is 27.4. The Bertz CT molecular complexity index is 1500. The number of anilines is 1. The molecule has 3 atom stereocenters. The Kier molecular flexibility index (Phi) is 11.8. The molecule has 1 aliphatic carbocycles. The van der Waals surface area contributed by atoms with Crippen molar-refractivity contribution < 1.29 is 19.2 Å². The van der Waals surface area contributed by atoms with Crippen molar-refractivity contribution in [3.8, 4) is 0 Å². The molecule has 0 spiro atoms. The molecule has 2 aromatic carbocycles. The third-order valence-corrected chi connectivity index (χ3v) is 9.25. The van der Waals surface area contributed by atoms with Gasteiger partial charge in [0.15, 0.2) is 0 Å². The third-order valence-electron chi connectivity index (χ3n) is 9.25. The fourth-order valence-electron chi connectivity index (χ4n) is 6.63. The van der Waals surface area contributed by atoms with Crippen LogP contribution in [0, 0.1) is 5.92 Å². The zero-order valence-electron chi connectivity index (χ0n) is 27.4. The van der Waals surface area contributed by atoms with E-state index in [4.69, 9.17) is 0 Å². The highest BCUT2D eigenvalue weighted by Gasteiger charge is 2.33. The van der Waals surface area contributed by atoms with Crippen molar-refractivity contribution in [3.63, 3.8) is 0 Å². The molecule has 0 radical (unpaired) electrons. The second kappa shape index (κ2) is 16.4. The summed E-state index contributed by atoms with van der Waals surface area (Å²) >= 11 is 0. The molecule has 5 rings (SSSR count). The minimum atomic E-state index is -0.698. The van der Waals surface area contributed by atoms with Gasteiger partial charge in [-0.25, -0.2) is 0 Å². The van der Waals surface area contributed by atoms with Crippen LogP contribution in [0.25, 0.3) is 0 Å². The Balaban J connectivity index is 1.23. The summed E-state index contributed by atoms with van der Waals surface area (Å²) in [6.07, 6.45) is 7.94. The van der Waals surface area contributed by atoms with E-state index in [9.17, 15) is 19.2 Å². The van der Waals surface area contributed by atoms with Gasteiger partial charge in [0.2, 0.25) is 17.7 Å². The predicted octanol–water partition coefficient (Wildman–Crippen LogP) is 3.22. The average molecular weight is 642 g/mol. The van der Waals surface area contributed by atoms with Crippen LogP contribution in [-0.2, 0) is 34.3 Å². The maximum atomic E-state index is 13.8. The van der Waals surface area contributed by atoms with Gasteiger partial charge in [-0.05, 0) is 54.5 Å². The van der Waals surface area contributed by atoms with Crippen LogP contribution in [0.1, 0.15) is 67.1 Å². The van der Waals surface area contributed by atoms with E-state index in [-0.39, 0.29) is 42.0 Å². The van der Waals surface area contributed by atoms with Crippen molar-refractivity contribution in [2.75, 3.05) is 25.0 Å². The monoisotopic (exact) mass is 641 g/mol. The van der Waals surface area contributed by atoms with E-state index < -0.39 is 12.1 Å². The van der Waals surface area contributed by atoms with Crippen molar-refractivity contribution in [3.05, 3.63) is 83.7 Å². The SMILES string of the molecule is CCC(=O)N[C@H](Cc1ccc(NC(=O)[C@@H](NC(=O)c2ccnn2C)C2CCCCC2)cc1)C(=O)N1CCN[C@H](Cc2ccccc2)C1. The van der Waals surface area contributed by atoms with Crippen molar-refractivity contribution in [1.29, 1.82) is 0 Å². The van der Waals surface area contributed by atoms with Gasteiger partial charge in [0.1, 0.15) is 17.8 Å². The molecule has 11 nitrogen and oxygen atoms in total. The van der Waals surface area contributed by atoms with Gasteiger partial charge in [0, 0.05) is 57.4 Å². The Morgan fingerprint density at radius 1 is 0.936 bits per heavy atom. The number of nitrogens with one attached hydrogen (secondary N) is 4. The molecule has 2 aliphatic rings. The van der Waals surface area contributed by atoms with E-state index >= 15 is 0 Å². The largest absolute Gasteiger partial charge is 0.344 e. The first kappa shape index (κ1) is 33.8. The quantitative estimate of drug-likeness (QED) is 0.240. The molecular formula is C36H47N7O4. The molecule has 3 aromatic rings. The summed E-state index contributed by atoms with van der Waals surface area (Å²) in [6, 6.07) is 18.0. The van der Waals surface area contributed by atoms with Crippen LogP contribution in [0.2, 0.25) is 0 Å². The second-order valence-electron chi connectivity index (χ2n) is 12.7. The average Bonchev–Trinajstić information content (AvgIpc) is 3.54. The number of carbonyl (C=O) groups excluding carboxylic acids is 4. The first-order valence-corrected chi connectivity index (χ1v) is 16.8. The number of hydrogen-bond acceptors (Lipinski definition) is 6. The lowest BCUT2D eigenvalue weighted by Crippen LogP contribution is -2.58. The highest BCUT2D eigenvalue weighted by molar-refractivity contribution is 6.00. The number of aryl methyl sites for hydroxylation is 1. The summed E-state index contributed by atoms with van der Waals surface area (Å²) in [5.41, 5.74) is 3.07. The summed E-state index contributed by atoms with van der Waals surface area (Å²) in [4.78, 5) is 54.7. The Morgan fingerprint density at radius 2 is 1.68 bits per heavy atom. The minimum Gasteiger partial charge on any atom is -0.344 e. The molecular weight excluding hydrogens is 594 g/mol. The van der Waals surface area contributed by atoms with Gasteiger partial charge in [-0.1, -0.05) is 68.7 Å². The van der Waals surface area contributed by atoms with E-state index in [0.717, 1.165) is 44.1 Å². The van der Waals surface area contributed by atoms with E-state index in [0.29, 0.717) is 37.4 Å². The second-order valence-corrected chi connectivity index (χ2v) is 12.7. The van der Waals surface area contributed by atoms with Crippen LogP contribution >= 0.6 is 0 Å². The van der Waals surface area contributed by atoms with Crippen LogP contribution in [-0.4, -0.2) is 76.1 Å². The summed E-state index contributed by atoms with van der Waals surface area (Å²) in [6.45, 7) is 3.61. The van der Waals surface area contributed by atoms with E-state index in [1.807, 2.05) is 35.2 Å². The molecule has 4 N–H and O–H groups in total. The summed E-state index contributed by atoms with van der Waals surface area (Å²) in [7, 11) is 1.70. The smallest absolute Gasteiger partial charge is 0.270 e. The lowest BCUT2D eigenvalue weighted by Gasteiger charge is -2.36. The Hall–Kier alpha value is -4.51. The van der Waals surface area contributed by atoms with Gasteiger partial charge >= 0.3 is 0 Å². The van der Waals surface area contributed by atoms with Crippen molar-refractivity contribution >= 4 is 29.3 Å². The molecule has 4 amide bonds. The highest BCUT2D eigenvalue weighted by Crippen LogP contribution is 2.27. The first-order chi connectivity index (χ1) is 22.8. The standard InChI is InChI=1S/C36H47N7O4/c1-3-32(44)40-30(36(47)43-21-20-37-29(24-43)22-25-10-6-4-7-11-25)23-26-14-16-28(17-15-26)39-35(46)33(27-12-8-5-9-13-27)41-34(45)31-18-19-38-42(31)2/h4,6-7,10-11,14-19,27,29-30,33,37H,3,5,8-9,12-13,20-24H2,1-2H3,(H,39,46)(H,40,44)(H,41,45)/t29-,30-,33+/m1/s1. The van der Waals surface area contributed by atoms with Crippen LogP contribution in [0.5, 0.6) is 0 Å². The van der Waals surface area contributed by atoms with Gasteiger partial charge in [0.25, 0.3) is 5.91 Å². The van der Waals surface area contributed by atoms with Gasteiger partial charge in [-0.2, -0.15) is 5.10 Å². The lowest BCUT2D eigenvalue weighted by molar-refractivity contribution is -0.137. The van der Waals surface area contributed by atoms with Gasteiger partial charge < -0.3 is 26.2 Å². The molecule has 1 aromatic heterocycles. The molecule has 1 saturated carbocycles. The maximum absolute atomic E-state index is 13.8. The number of nitrogens with zero attached hydrogens (tertiary/aromatic N) is 3. The molecule has 1 aliphatic heterocycles. The summed E-state index contributed by atoms with van der Waals surface area (Å²) in [5, 5.41) is 16.5. The van der Waals surface area contributed by atoms with E-state index in [2.05, 4.69) is 38.5 Å². The normalized spacial score (nSPS) is 18.2. The topological polar surface area (TPSA) is 137 Å². The van der Waals surface area contributed by atoms with Gasteiger partial charge in [0.05, 0.1) is 0 Å². The van der Waals surface area contributed by atoms with E-state index in [1.54, 1.807) is 38.4 Å². The molecule has 47 heavy (non-hydrogen) atoms. The summed E-state index contributed by atoms with van der Waals surface area (Å²) in [5.74, 6) is -0.807. The van der Waals surface area contributed by atoms with Gasteiger partial charge in [-0.15, -0.1) is 0 Å². The van der Waals surface area contributed by atoms with Crippen LogP contribution < -0.4 is 21.3 Å². The fourth-order valence-corrected chi connectivity index (χ4v) is 6.63. The maximum Gasteiger partial charge on any atom is 0.270 e. The third kappa shape index (κ3) is 9.28. The number of rotatable bonds is 12. The number of carbonyl (C=O) groups is 4. The Morgan fingerprint density at radius 3 is 2.36 bits per heavy atom. The molecule has 0 bridgehead atoms. The van der Waals surface area contributed by atoms with Crippen LogP contribution in [0.15, 0.2) is 66.9 Å². The zero-order chi connectivity index (χ0) is 33.2. The highest BCUT2D eigenvalue weighted by atomic mass is 16.2. The minimum absolute atomic E-state index is 0.0476. The fraction of sp³-hybridized carbons (Fsp3) is 0.472. The van der Waals surface area contributed by atoms with Gasteiger partial charge in [-0.3, -0.25) is 23.9 Å². The number of amides is 4. The van der Waals surface area contributed by atoms with Crippen molar-refractivity contribution in [1.82, 2.24) is 30.6 Å². The predicted molar refractivity (Wildman–Crippen MR) is 181 cm³/mol. The van der Waals surface area contributed by atoms with E-state index in [1.165, 1.54) is 10.2 Å². The Labute approximate surface area is 276 Å². The van der Waals surface area contributed by atoms with Crippen molar-refractivity contribution in [2.45, 2.75) is 76.4 Å².